The monoisotopic (exact) mass is 632 g/mol. The third kappa shape index (κ3) is 7.78. The van der Waals surface area contributed by atoms with Crippen LogP contribution in [-0.4, -0.2) is 74.1 Å². The number of thiocarbonyl (C=S) groups is 1. The first-order chi connectivity index (χ1) is 20.9. The number of anilines is 4. The SMILES string of the molecule is CNC(=O)c1ccccc1Nc1nc(Nc2ccc(C(=O)N3CCN(C(=S)SCc4cccnc4)CC3)cc2)ncc1Cl. The Kier molecular flexibility index (Phi) is 10.0. The predicted octanol–water partition coefficient (Wildman–Crippen LogP) is 5.35. The number of thioether (sulfide) groups is 1. The molecule has 2 amide bonds. The summed E-state index contributed by atoms with van der Waals surface area (Å²) in [5, 5.41) is 9.18. The molecule has 10 nitrogen and oxygen atoms in total. The molecule has 0 radical (unpaired) electrons. The molecule has 5 rings (SSSR count). The number of aromatic nitrogens is 3. The van der Waals surface area contributed by atoms with Crippen molar-refractivity contribution in [3.63, 3.8) is 0 Å². The van der Waals surface area contributed by atoms with Crippen molar-refractivity contribution in [1.82, 2.24) is 30.1 Å². The van der Waals surface area contributed by atoms with Gasteiger partial charge in [-0.25, -0.2) is 4.98 Å². The van der Waals surface area contributed by atoms with Crippen LogP contribution in [0.4, 0.5) is 23.1 Å². The van der Waals surface area contributed by atoms with Gasteiger partial charge in [0.05, 0.1) is 17.4 Å². The summed E-state index contributed by atoms with van der Waals surface area (Å²) in [6.07, 6.45) is 5.08. The molecule has 0 spiro atoms. The van der Waals surface area contributed by atoms with E-state index in [4.69, 9.17) is 23.8 Å². The van der Waals surface area contributed by atoms with Gasteiger partial charge in [-0.3, -0.25) is 14.6 Å². The molecule has 4 aromatic rings. The lowest BCUT2D eigenvalue weighted by molar-refractivity contribution is 0.0694. The van der Waals surface area contributed by atoms with Crippen molar-refractivity contribution in [2.75, 3.05) is 43.9 Å². The largest absolute Gasteiger partial charge is 0.355 e. The number of piperazine rings is 1. The molecular weight excluding hydrogens is 604 g/mol. The predicted molar refractivity (Wildman–Crippen MR) is 175 cm³/mol. The average Bonchev–Trinajstić information content (AvgIpc) is 3.05. The molecule has 1 aliphatic rings. The van der Waals surface area contributed by atoms with E-state index in [1.54, 1.807) is 67.5 Å². The first-order valence-corrected chi connectivity index (χ1v) is 15.3. The maximum Gasteiger partial charge on any atom is 0.253 e. The summed E-state index contributed by atoms with van der Waals surface area (Å²) in [6, 6.07) is 18.2. The number of pyridine rings is 1. The van der Waals surface area contributed by atoms with Crippen LogP contribution in [0, 0.1) is 0 Å². The van der Waals surface area contributed by atoms with E-state index in [2.05, 4.69) is 35.8 Å². The summed E-state index contributed by atoms with van der Waals surface area (Å²) in [4.78, 5) is 42.3. The number of amides is 2. The number of benzene rings is 2. The minimum absolute atomic E-state index is 0.0239. The molecule has 1 saturated heterocycles. The highest BCUT2D eigenvalue weighted by atomic mass is 35.5. The van der Waals surface area contributed by atoms with E-state index >= 15 is 0 Å². The van der Waals surface area contributed by atoms with Crippen molar-refractivity contribution in [1.29, 1.82) is 0 Å². The Hall–Kier alpha value is -4.26. The van der Waals surface area contributed by atoms with E-state index in [-0.39, 0.29) is 11.8 Å². The van der Waals surface area contributed by atoms with Gasteiger partial charge in [-0.2, -0.15) is 4.98 Å². The zero-order valence-electron chi connectivity index (χ0n) is 23.3. The lowest BCUT2D eigenvalue weighted by atomic mass is 10.1. The van der Waals surface area contributed by atoms with Crippen molar-refractivity contribution in [2.24, 2.45) is 0 Å². The molecule has 3 N–H and O–H groups in total. The highest BCUT2D eigenvalue weighted by Crippen LogP contribution is 2.27. The molecule has 0 saturated carbocycles. The summed E-state index contributed by atoms with van der Waals surface area (Å²) in [7, 11) is 1.57. The van der Waals surface area contributed by atoms with Crippen LogP contribution in [0.15, 0.2) is 79.3 Å². The minimum Gasteiger partial charge on any atom is -0.355 e. The van der Waals surface area contributed by atoms with E-state index in [0.717, 1.165) is 15.6 Å². The molecule has 13 heteroatoms. The number of para-hydroxylation sites is 1. The number of hydrogen-bond acceptors (Lipinski definition) is 9. The Balaban J connectivity index is 1.16. The van der Waals surface area contributed by atoms with Crippen molar-refractivity contribution in [3.8, 4) is 0 Å². The molecule has 0 aliphatic carbocycles. The average molecular weight is 633 g/mol. The van der Waals surface area contributed by atoms with Gasteiger partial charge in [0.2, 0.25) is 5.95 Å². The van der Waals surface area contributed by atoms with Crippen molar-refractivity contribution in [3.05, 3.63) is 101 Å². The summed E-state index contributed by atoms with van der Waals surface area (Å²) >= 11 is 13.6. The normalized spacial score (nSPS) is 12.9. The number of rotatable bonds is 8. The first-order valence-electron chi connectivity index (χ1n) is 13.5. The van der Waals surface area contributed by atoms with Gasteiger partial charge >= 0.3 is 0 Å². The third-order valence-electron chi connectivity index (χ3n) is 6.69. The highest BCUT2D eigenvalue weighted by molar-refractivity contribution is 8.22. The second kappa shape index (κ2) is 14.3. The fraction of sp³-hybridized carbons (Fsp3) is 0.200. The van der Waals surface area contributed by atoms with Gasteiger partial charge in [-0.15, -0.1) is 0 Å². The molecule has 2 aromatic heterocycles. The molecule has 3 heterocycles. The smallest absolute Gasteiger partial charge is 0.253 e. The molecule has 220 valence electrons. The lowest BCUT2D eigenvalue weighted by Gasteiger charge is -2.36. The van der Waals surface area contributed by atoms with Crippen LogP contribution in [0.25, 0.3) is 0 Å². The number of halogens is 1. The maximum absolute atomic E-state index is 13.2. The van der Waals surface area contributed by atoms with E-state index in [1.807, 2.05) is 29.3 Å². The first kappa shape index (κ1) is 30.2. The molecule has 43 heavy (non-hydrogen) atoms. The van der Waals surface area contributed by atoms with Gasteiger partial charge in [0, 0.05) is 62.6 Å². The van der Waals surface area contributed by atoms with E-state index < -0.39 is 0 Å². The maximum atomic E-state index is 13.2. The topological polar surface area (TPSA) is 115 Å². The molecule has 0 atom stereocenters. The van der Waals surface area contributed by atoms with Crippen LogP contribution in [0.1, 0.15) is 26.3 Å². The van der Waals surface area contributed by atoms with Gasteiger partial charge in [-0.1, -0.05) is 53.8 Å². The van der Waals surface area contributed by atoms with Crippen molar-refractivity contribution < 1.29 is 9.59 Å². The fourth-order valence-electron chi connectivity index (χ4n) is 4.39. The number of nitrogens with one attached hydrogen (secondary N) is 3. The number of carbonyl (C=O) groups excluding carboxylic acids is 2. The summed E-state index contributed by atoms with van der Waals surface area (Å²) in [5.74, 6) is 1.16. The molecular formula is C30H29ClN8O2S2. The van der Waals surface area contributed by atoms with E-state index in [0.29, 0.717) is 65.5 Å². The second-order valence-electron chi connectivity index (χ2n) is 9.54. The Morgan fingerprint density at radius 2 is 1.70 bits per heavy atom. The Morgan fingerprint density at radius 1 is 0.953 bits per heavy atom. The number of carbonyl (C=O) groups is 2. The van der Waals surface area contributed by atoms with E-state index in [9.17, 15) is 9.59 Å². The molecule has 1 aliphatic heterocycles. The van der Waals surface area contributed by atoms with Crippen LogP contribution in [0.2, 0.25) is 5.02 Å². The van der Waals surface area contributed by atoms with Crippen LogP contribution >= 0.6 is 35.6 Å². The standard InChI is InChI=1S/C30H29ClN8O2S2/c1-32-27(40)23-6-2-3-7-25(23)36-26-24(31)18-34-29(37-26)35-22-10-8-21(9-11-22)28(41)38-13-15-39(16-14-38)30(42)43-19-20-5-4-12-33-17-20/h2-12,17-18H,13-16,19H2,1H3,(H,32,40)(H2,34,35,36,37). The lowest BCUT2D eigenvalue weighted by Crippen LogP contribution is -2.49. The Labute approximate surface area is 264 Å². The molecule has 0 bridgehead atoms. The van der Waals surface area contributed by atoms with Gasteiger partial charge in [0.1, 0.15) is 9.34 Å². The molecule has 0 unspecified atom stereocenters. The van der Waals surface area contributed by atoms with Crippen LogP contribution in [0.3, 0.4) is 0 Å². The Bertz CT molecular complexity index is 1600. The highest BCUT2D eigenvalue weighted by Gasteiger charge is 2.23. The quantitative estimate of drug-likeness (QED) is 0.220. The Morgan fingerprint density at radius 3 is 2.42 bits per heavy atom. The molecule has 2 aromatic carbocycles. The van der Waals surface area contributed by atoms with Crippen LogP contribution in [-0.2, 0) is 5.75 Å². The van der Waals surface area contributed by atoms with Gasteiger partial charge < -0.3 is 25.8 Å². The third-order valence-corrected chi connectivity index (χ3v) is 8.57. The van der Waals surface area contributed by atoms with Crippen molar-refractivity contribution >= 4 is 74.9 Å². The number of nitrogens with zero attached hydrogens (tertiary/aromatic N) is 5. The van der Waals surface area contributed by atoms with Gasteiger partial charge in [-0.05, 0) is 48.0 Å². The summed E-state index contributed by atoms with van der Waals surface area (Å²) in [6.45, 7) is 2.60. The summed E-state index contributed by atoms with van der Waals surface area (Å²) in [5.41, 5.74) is 3.44. The van der Waals surface area contributed by atoms with E-state index in [1.165, 1.54) is 6.20 Å². The minimum atomic E-state index is -0.234. The van der Waals surface area contributed by atoms with Crippen LogP contribution < -0.4 is 16.0 Å². The second-order valence-corrected chi connectivity index (χ2v) is 11.6. The summed E-state index contributed by atoms with van der Waals surface area (Å²) < 4.78 is 0.838. The molecule has 1 fully saturated rings. The fourth-order valence-corrected chi connectivity index (χ4v) is 5.71. The van der Waals surface area contributed by atoms with Crippen LogP contribution in [0.5, 0.6) is 0 Å². The zero-order valence-corrected chi connectivity index (χ0v) is 25.7. The van der Waals surface area contributed by atoms with Gasteiger partial charge in [0.25, 0.3) is 11.8 Å². The van der Waals surface area contributed by atoms with Gasteiger partial charge in [0.15, 0.2) is 5.82 Å². The van der Waals surface area contributed by atoms with Crippen molar-refractivity contribution in [2.45, 2.75) is 5.75 Å². The number of hydrogen-bond donors (Lipinski definition) is 3. The zero-order chi connectivity index (χ0) is 30.2.